The molecule has 0 radical (unpaired) electrons. The van der Waals surface area contributed by atoms with Gasteiger partial charge in [0.2, 0.25) is 10.0 Å². The second-order valence-corrected chi connectivity index (χ2v) is 7.14. The lowest BCUT2D eigenvalue weighted by molar-refractivity contribution is 0.462. The number of rotatable bonds is 4. The fourth-order valence-corrected chi connectivity index (χ4v) is 3.00. The molecule has 4 nitrogen and oxygen atoms in total. The first-order chi connectivity index (χ1) is 7.68. The fraction of sp³-hybridized carbons (Fsp3) is 0.455. The maximum Gasteiger partial charge on any atom is 0.241 e. The number of nitrogens with one attached hydrogen (secondary N) is 1. The van der Waals surface area contributed by atoms with Crippen molar-refractivity contribution in [1.82, 2.24) is 4.72 Å². The van der Waals surface area contributed by atoms with Crippen molar-refractivity contribution in [3.05, 3.63) is 28.2 Å². The Hall–Kier alpha value is -0.430. The highest BCUT2D eigenvalue weighted by Crippen LogP contribution is 2.20. The third-order valence-corrected chi connectivity index (χ3v) is 4.95. The monoisotopic (exact) mass is 320 g/mol. The van der Waals surface area contributed by atoms with Crippen LogP contribution in [0.5, 0.6) is 0 Å². The van der Waals surface area contributed by atoms with Gasteiger partial charge in [-0.2, -0.15) is 0 Å². The molecule has 6 heteroatoms. The quantitative estimate of drug-likeness (QED) is 0.888. The minimum Gasteiger partial charge on any atom is -0.329 e. The zero-order valence-corrected chi connectivity index (χ0v) is 12.5. The summed E-state index contributed by atoms with van der Waals surface area (Å²) < 4.78 is 27.6. The van der Waals surface area contributed by atoms with Gasteiger partial charge >= 0.3 is 0 Å². The maximum atomic E-state index is 12.1. The molecule has 0 fully saturated rings. The molecule has 0 amide bonds. The molecular formula is C11H17BrN2O2S. The zero-order chi connectivity index (χ0) is 13.3. The van der Waals surface area contributed by atoms with E-state index in [0.717, 1.165) is 10.0 Å². The largest absolute Gasteiger partial charge is 0.329 e. The van der Waals surface area contributed by atoms with E-state index < -0.39 is 15.6 Å². The van der Waals surface area contributed by atoms with Crippen molar-refractivity contribution in [1.29, 1.82) is 0 Å². The Bertz CT molecular complexity index is 512. The maximum absolute atomic E-state index is 12.1. The van der Waals surface area contributed by atoms with E-state index in [9.17, 15) is 8.42 Å². The molecule has 0 atom stereocenters. The average molecular weight is 321 g/mol. The summed E-state index contributed by atoms with van der Waals surface area (Å²) in [6.07, 6.45) is 0. The molecule has 96 valence electrons. The standard InChI is InChI=1S/C11H17BrN2O2S/c1-8-6-9(4-5-10(8)12)17(15,16)14-11(2,3)7-13/h4-6,14H,7,13H2,1-3H3. The lowest BCUT2D eigenvalue weighted by Gasteiger charge is -2.24. The van der Waals surface area contributed by atoms with Crippen molar-refractivity contribution in [3.8, 4) is 0 Å². The Labute approximate surface area is 111 Å². The summed E-state index contributed by atoms with van der Waals surface area (Å²) in [7, 11) is -3.52. The summed E-state index contributed by atoms with van der Waals surface area (Å²) in [5.74, 6) is 0. The van der Waals surface area contributed by atoms with Gasteiger partial charge in [-0.1, -0.05) is 15.9 Å². The van der Waals surface area contributed by atoms with Crippen LogP contribution in [0.3, 0.4) is 0 Å². The van der Waals surface area contributed by atoms with Crippen LogP contribution in [0.15, 0.2) is 27.6 Å². The van der Waals surface area contributed by atoms with Crippen LogP contribution < -0.4 is 10.5 Å². The molecule has 0 aliphatic carbocycles. The van der Waals surface area contributed by atoms with Crippen LogP contribution >= 0.6 is 15.9 Å². The minimum atomic E-state index is -3.52. The highest BCUT2D eigenvalue weighted by atomic mass is 79.9. The van der Waals surface area contributed by atoms with Crippen LogP contribution in [-0.2, 0) is 10.0 Å². The van der Waals surface area contributed by atoms with E-state index in [2.05, 4.69) is 20.7 Å². The first kappa shape index (κ1) is 14.6. The molecule has 0 bridgehead atoms. The second-order valence-electron chi connectivity index (χ2n) is 4.60. The predicted octanol–water partition coefficient (Wildman–Crippen LogP) is 1.77. The van der Waals surface area contributed by atoms with Gasteiger partial charge < -0.3 is 5.73 Å². The third-order valence-electron chi connectivity index (χ3n) is 2.36. The van der Waals surface area contributed by atoms with E-state index in [1.165, 1.54) is 0 Å². The van der Waals surface area contributed by atoms with Crippen LogP contribution in [0.25, 0.3) is 0 Å². The van der Waals surface area contributed by atoms with Crippen LogP contribution in [0, 0.1) is 6.92 Å². The van der Waals surface area contributed by atoms with E-state index in [1.807, 2.05) is 6.92 Å². The molecule has 1 rings (SSSR count). The van der Waals surface area contributed by atoms with Gasteiger partial charge in [0.05, 0.1) is 4.90 Å². The summed E-state index contributed by atoms with van der Waals surface area (Å²) in [5, 5.41) is 0. The summed E-state index contributed by atoms with van der Waals surface area (Å²) in [4.78, 5) is 0.250. The van der Waals surface area contributed by atoms with Crippen LogP contribution in [0.4, 0.5) is 0 Å². The average Bonchev–Trinajstić information content (AvgIpc) is 2.20. The summed E-state index contributed by atoms with van der Waals surface area (Å²) in [6.45, 7) is 5.57. The lowest BCUT2D eigenvalue weighted by atomic mass is 10.1. The number of halogens is 1. The van der Waals surface area contributed by atoms with Crippen molar-refractivity contribution in [2.75, 3.05) is 6.54 Å². The van der Waals surface area contributed by atoms with Crippen LogP contribution in [-0.4, -0.2) is 20.5 Å². The van der Waals surface area contributed by atoms with Gasteiger partial charge in [0, 0.05) is 16.6 Å². The van der Waals surface area contributed by atoms with E-state index in [-0.39, 0.29) is 11.4 Å². The first-order valence-corrected chi connectivity index (χ1v) is 7.46. The molecule has 3 N–H and O–H groups in total. The van der Waals surface area contributed by atoms with E-state index >= 15 is 0 Å². The van der Waals surface area contributed by atoms with Crippen molar-refractivity contribution in [3.63, 3.8) is 0 Å². The molecule has 0 aliphatic rings. The highest BCUT2D eigenvalue weighted by Gasteiger charge is 2.24. The van der Waals surface area contributed by atoms with Gasteiger partial charge in [-0.25, -0.2) is 13.1 Å². The van der Waals surface area contributed by atoms with Crippen molar-refractivity contribution in [2.24, 2.45) is 5.73 Å². The van der Waals surface area contributed by atoms with Gasteiger partial charge in [-0.3, -0.25) is 0 Å². The number of sulfonamides is 1. The van der Waals surface area contributed by atoms with E-state index in [4.69, 9.17) is 5.73 Å². The lowest BCUT2D eigenvalue weighted by Crippen LogP contribution is -2.48. The molecule has 1 aromatic carbocycles. The van der Waals surface area contributed by atoms with Crippen molar-refractivity contribution < 1.29 is 8.42 Å². The van der Waals surface area contributed by atoms with Crippen molar-refractivity contribution in [2.45, 2.75) is 31.2 Å². The Balaban J connectivity index is 3.10. The number of nitrogens with two attached hydrogens (primary N) is 1. The Morgan fingerprint density at radius 3 is 2.47 bits per heavy atom. The molecule has 0 spiro atoms. The van der Waals surface area contributed by atoms with Gasteiger partial charge in [-0.05, 0) is 44.5 Å². The number of hydrogen-bond acceptors (Lipinski definition) is 3. The van der Waals surface area contributed by atoms with Gasteiger partial charge in [0.25, 0.3) is 0 Å². The first-order valence-electron chi connectivity index (χ1n) is 5.18. The predicted molar refractivity (Wildman–Crippen MR) is 72.3 cm³/mol. The molecule has 17 heavy (non-hydrogen) atoms. The normalized spacial score (nSPS) is 12.8. The molecule has 1 aromatic rings. The molecular weight excluding hydrogens is 304 g/mol. The highest BCUT2D eigenvalue weighted by molar-refractivity contribution is 9.10. The molecule has 0 heterocycles. The molecule has 0 aliphatic heterocycles. The van der Waals surface area contributed by atoms with Gasteiger partial charge in [0.15, 0.2) is 0 Å². The molecule has 0 saturated heterocycles. The summed E-state index contributed by atoms with van der Waals surface area (Å²) >= 11 is 3.34. The van der Waals surface area contributed by atoms with Crippen LogP contribution in [0.2, 0.25) is 0 Å². The number of hydrogen-bond donors (Lipinski definition) is 2. The minimum absolute atomic E-state index is 0.238. The van der Waals surface area contributed by atoms with Gasteiger partial charge in [-0.15, -0.1) is 0 Å². The molecule has 0 aromatic heterocycles. The topological polar surface area (TPSA) is 72.2 Å². The van der Waals surface area contributed by atoms with Gasteiger partial charge in [0.1, 0.15) is 0 Å². The van der Waals surface area contributed by atoms with E-state index in [1.54, 1.807) is 32.0 Å². The molecule has 0 unspecified atom stereocenters. The fourth-order valence-electron chi connectivity index (χ4n) is 1.25. The SMILES string of the molecule is Cc1cc(S(=O)(=O)NC(C)(C)CN)ccc1Br. The Morgan fingerprint density at radius 2 is 2.00 bits per heavy atom. The summed E-state index contributed by atoms with van der Waals surface area (Å²) in [5.41, 5.74) is 5.73. The smallest absolute Gasteiger partial charge is 0.241 e. The summed E-state index contributed by atoms with van der Waals surface area (Å²) in [6, 6.07) is 4.91. The molecule has 0 saturated carbocycles. The Morgan fingerprint density at radius 1 is 1.41 bits per heavy atom. The second kappa shape index (κ2) is 5.06. The van der Waals surface area contributed by atoms with Crippen molar-refractivity contribution >= 4 is 26.0 Å². The number of aryl methyl sites for hydroxylation is 1. The zero-order valence-electron chi connectivity index (χ0n) is 10.1. The Kier molecular flexibility index (Phi) is 4.35. The third kappa shape index (κ3) is 3.77. The van der Waals surface area contributed by atoms with Crippen LogP contribution in [0.1, 0.15) is 19.4 Å². The van der Waals surface area contributed by atoms with E-state index in [0.29, 0.717) is 0 Å². The number of benzene rings is 1.